The van der Waals surface area contributed by atoms with E-state index >= 15 is 0 Å². The van der Waals surface area contributed by atoms with Gasteiger partial charge in [-0.15, -0.1) is 0 Å². The maximum Gasteiger partial charge on any atom is 0.407 e. The Hall–Kier alpha value is -5.82. The van der Waals surface area contributed by atoms with Crippen molar-refractivity contribution >= 4 is 29.0 Å². The van der Waals surface area contributed by atoms with Gasteiger partial charge in [-0.05, 0) is 53.4 Å². The summed E-state index contributed by atoms with van der Waals surface area (Å²) < 4.78 is 23.5. The molecule has 3 N–H and O–H groups in total. The van der Waals surface area contributed by atoms with Crippen molar-refractivity contribution in [3.8, 4) is 17.2 Å². The van der Waals surface area contributed by atoms with Crippen molar-refractivity contribution in [1.82, 2.24) is 30.1 Å². The second kappa shape index (κ2) is 16.1. The highest BCUT2D eigenvalue weighted by atomic mass is 16.5. The number of piperidine rings is 1. The number of benzene rings is 3. The molecule has 2 atom stereocenters. The molecule has 0 saturated carbocycles. The summed E-state index contributed by atoms with van der Waals surface area (Å²) in [5.74, 6) is 1.83. The van der Waals surface area contributed by atoms with Crippen molar-refractivity contribution in [2.75, 3.05) is 39.7 Å². The van der Waals surface area contributed by atoms with E-state index < -0.39 is 18.1 Å². The molecule has 260 valence electrons. The van der Waals surface area contributed by atoms with Crippen LogP contribution in [0, 0.1) is 5.92 Å². The van der Waals surface area contributed by atoms with E-state index in [0.717, 1.165) is 33.6 Å². The van der Waals surface area contributed by atoms with Crippen LogP contribution in [0.1, 0.15) is 23.1 Å². The molecule has 6 rings (SSSR count). The lowest BCUT2D eigenvalue weighted by Crippen LogP contribution is -2.55. The minimum atomic E-state index is -0.561. The number of nitrogens with one attached hydrogen (secondary N) is 3. The Morgan fingerprint density at radius 3 is 2.54 bits per heavy atom. The number of methoxy groups -OCH3 is 3. The number of amides is 2. The molecule has 1 aliphatic heterocycles. The Kier molecular flexibility index (Phi) is 10.9. The normalized spacial score (nSPS) is 16.0. The van der Waals surface area contributed by atoms with Crippen LogP contribution in [0.2, 0.25) is 0 Å². The highest BCUT2D eigenvalue weighted by molar-refractivity contribution is 5.81. The highest BCUT2D eigenvalue weighted by Gasteiger charge is 2.36. The average molecular weight is 680 g/mol. The van der Waals surface area contributed by atoms with Crippen LogP contribution < -0.4 is 30.2 Å². The van der Waals surface area contributed by atoms with Gasteiger partial charge in [-0.2, -0.15) is 5.10 Å². The number of carbonyl (C=O) groups is 2. The van der Waals surface area contributed by atoms with Crippen LogP contribution in [0.25, 0.3) is 5.52 Å². The molecule has 3 aromatic carbocycles. The van der Waals surface area contributed by atoms with Crippen molar-refractivity contribution < 1.29 is 28.5 Å². The van der Waals surface area contributed by atoms with Crippen LogP contribution in [0.4, 0.5) is 16.3 Å². The second-order valence-electron chi connectivity index (χ2n) is 11.9. The van der Waals surface area contributed by atoms with Gasteiger partial charge in [0.1, 0.15) is 24.2 Å². The van der Waals surface area contributed by atoms with Crippen LogP contribution in [0.15, 0.2) is 91.4 Å². The Balaban J connectivity index is 1.18. The van der Waals surface area contributed by atoms with Gasteiger partial charge in [0.2, 0.25) is 5.91 Å². The lowest BCUT2D eigenvalue weighted by Gasteiger charge is -2.37. The molecule has 1 fully saturated rings. The lowest BCUT2D eigenvalue weighted by atomic mass is 9.90. The topological polar surface area (TPSA) is 141 Å². The van der Waals surface area contributed by atoms with Crippen LogP contribution in [-0.2, 0) is 29.2 Å². The number of anilines is 2. The Morgan fingerprint density at radius 1 is 0.900 bits per heavy atom. The number of hydrogen-bond acceptors (Lipinski definition) is 10. The van der Waals surface area contributed by atoms with Gasteiger partial charge in [0.05, 0.1) is 27.2 Å². The quantitative estimate of drug-likeness (QED) is 0.157. The molecular formula is C37H41N7O6. The minimum absolute atomic E-state index is 0.137. The Morgan fingerprint density at radius 2 is 1.74 bits per heavy atom. The lowest BCUT2D eigenvalue weighted by molar-refractivity contribution is -0.127. The third-order valence-electron chi connectivity index (χ3n) is 8.73. The van der Waals surface area contributed by atoms with Gasteiger partial charge < -0.3 is 34.9 Å². The van der Waals surface area contributed by atoms with Crippen molar-refractivity contribution in [3.05, 3.63) is 108 Å². The highest BCUT2D eigenvalue weighted by Crippen LogP contribution is 2.29. The van der Waals surface area contributed by atoms with E-state index in [1.807, 2.05) is 79.0 Å². The largest absolute Gasteiger partial charge is 0.497 e. The molecular weight excluding hydrogens is 638 g/mol. The van der Waals surface area contributed by atoms with Crippen molar-refractivity contribution in [2.24, 2.45) is 5.92 Å². The number of aromatic nitrogens is 3. The van der Waals surface area contributed by atoms with Gasteiger partial charge in [-0.1, -0.05) is 42.5 Å². The van der Waals surface area contributed by atoms with Crippen molar-refractivity contribution in [3.63, 3.8) is 0 Å². The third kappa shape index (κ3) is 8.24. The summed E-state index contributed by atoms with van der Waals surface area (Å²) in [7, 11) is 4.78. The van der Waals surface area contributed by atoms with Gasteiger partial charge in [-0.3, -0.25) is 9.69 Å². The van der Waals surface area contributed by atoms with E-state index in [2.05, 4.69) is 30.9 Å². The van der Waals surface area contributed by atoms with Gasteiger partial charge in [0, 0.05) is 50.2 Å². The zero-order valence-corrected chi connectivity index (χ0v) is 28.3. The number of carbonyl (C=O) groups excluding carboxylic acids is 2. The summed E-state index contributed by atoms with van der Waals surface area (Å²) in [6.07, 6.45) is 3.39. The van der Waals surface area contributed by atoms with E-state index in [1.54, 1.807) is 31.9 Å². The van der Waals surface area contributed by atoms with E-state index in [-0.39, 0.29) is 19.1 Å². The summed E-state index contributed by atoms with van der Waals surface area (Å²) >= 11 is 0. The first-order valence-corrected chi connectivity index (χ1v) is 16.3. The summed E-state index contributed by atoms with van der Waals surface area (Å²) in [4.78, 5) is 33.6. The summed E-state index contributed by atoms with van der Waals surface area (Å²) in [6.45, 7) is 2.01. The molecule has 1 saturated heterocycles. The number of nitrogens with zero attached hydrogens (tertiary/aromatic N) is 4. The molecule has 3 heterocycles. The maximum absolute atomic E-state index is 13.9. The minimum Gasteiger partial charge on any atom is -0.497 e. The number of rotatable bonds is 13. The summed E-state index contributed by atoms with van der Waals surface area (Å²) in [6, 6.07) is 24.2. The van der Waals surface area contributed by atoms with Gasteiger partial charge in [0.25, 0.3) is 0 Å². The van der Waals surface area contributed by atoms with Crippen molar-refractivity contribution in [2.45, 2.75) is 32.2 Å². The molecule has 2 aromatic heterocycles. The summed E-state index contributed by atoms with van der Waals surface area (Å²) in [5, 5.41) is 13.9. The standard InChI is InChI=1S/C37H41N7O6/c1-47-29-11-7-10-28(19-29)41-35-34-27(14-17-44(34)40-24-39-35)21-43-16-15-31(42-37(46)50-23-25-8-5-4-6-9-25)30(22-43)36(45)38-20-26-12-13-32(48-2)33(18-26)49-3/h4-14,17-19,24,30-31H,15-16,20-23H2,1-3H3,(H,38,45)(H,42,46)(H,39,40,41)/t30?,31-/m1/s1. The molecule has 2 amide bonds. The second-order valence-corrected chi connectivity index (χ2v) is 11.9. The van der Waals surface area contributed by atoms with Crippen LogP contribution >= 0.6 is 0 Å². The predicted octanol–water partition coefficient (Wildman–Crippen LogP) is 4.93. The molecule has 0 spiro atoms. The molecule has 0 aliphatic carbocycles. The summed E-state index contributed by atoms with van der Waals surface area (Å²) in [5.41, 5.74) is 4.38. The number of alkyl carbamates (subject to hydrolysis) is 1. The van der Waals surface area contributed by atoms with E-state index in [0.29, 0.717) is 43.4 Å². The smallest absolute Gasteiger partial charge is 0.407 e. The first kappa shape index (κ1) is 34.1. The van der Waals surface area contributed by atoms with Crippen LogP contribution in [-0.4, -0.2) is 72.0 Å². The molecule has 0 radical (unpaired) electrons. The first-order chi connectivity index (χ1) is 24.4. The number of likely N-dealkylation sites (tertiary alicyclic amines) is 1. The SMILES string of the molecule is COc1cccc(Nc2ncnn3ccc(CN4CC[C@@H](NC(=O)OCc5ccccc5)C(C(=O)NCc5ccc(OC)c(OC)c5)C4)c23)c1. The molecule has 13 nitrogen and oxygen atoms in total. The number of ether oxygens (including phenoxy) is 4. The zero-order chi connectivity index (χ0) is 34.9. The zero-order valence-electron chi connectivity index (χ0n) is 28.3. The van der Waals surface area contributed by atoms with Crippen LogP contribution in [0.5, 0.6) is 17.2 Å². The molecule has 13 heteroatoms. The number of hydrogen-bond donors (Lipinski definition) is 3. The Labute approximate surface area is 290 Å². The monoisotopic (exact) mass is 679 g/mol. The van der Waals surface area contributed by atoms with Crippen molar-refractivity contribution in [1.29, 1.82) is 0 Å². The number of fused-ring (bicyclic) bond motifs is 1. The fourth-order valence-corrected chi connectivity index (χ4v) is 6.14. The van der Waals surface area contributed by atoms with E-state index in [1.165, 1.54) is 6.33 Å². The van der Waals surface area contributed by atoms with E-state index in [4.69, 9.17) is 18.9 Å². The third-order valence-corrected chi connectivity index (χ3v) is 8.73. The van der Waals surface area contributed by atoms with Gasteiger partial charge in [-0.25, -0.2) is 14.3 Å². The molecule has 50 heavy (non-hydrogen) atoms. The Bertz CT molecular complexity index is 1920. The maximum atomic E-state index is 13.9. The average Bonchev–Trinajstić information content (AvgIpc) is 3.57. The molecule has 0 bridgehead atoms. The molecule has 1 unspecified atom stereocenters. The fraction of sp³-hybridized carbons (Fsp3) is 0.297. The molecule has 1 aliphatic rings. The van der Waals surface area contributed by atoms with E-state index in [9.17, 15) is 9.59 Å². The molecule has 5 aromatic rings. The predicted molar refractivity (Wildman–Crippen MR) is 188 cm³/mol. The van der Waals surface area contributed by atoms with Gasteiger partial charge in [0.15, 0.2) is 17.3 Å². The van der Waals surface area contributed by atoms with Gasteiger partial charge >= 0.3 is 6.09 Å². The first-order valence-electron chi connectivity index (χ1n) is 16.3. The van der Waals surface area contributed by atoms with Crippen LogP contribution in [0.3, 0.4) is 0 Å². The fourth-order valence-electron chi connectivity index (χ4n) is 6.14.